The average Bonchev–Trinajstić information content (AvgIpc) is 2.96. The predicted octanol–water partition coefficient (Wildman–Crippen LogP) is 2.81. The van der Waals surface area contributed by atoms with Crippen LogP contribution in [0.3, 0.4) is 0 Å². The second-order valence-electron chi connectivity index (χ2n) is 4.43. The number of benzene rings is 1. The first kappa shape index (κ1) is 12.1. The van der Waals surface area contributed by atoms with Crippen LogP contribution in [0.2, 0.25) is 5.02 Å². The fourth-order valence-electron chi connectivity index (χ4n) is 2.49. The number of nitrogens with two attached hydrogens (primary N) is 1. The van der Waals surface area contributed by atoms with Gasteiger partial charge in [0.1, 0.15) is 5.01 Å². The highest BCUT2D eigenvalue weighted by Crippen LogP contribution is 2.35. The summed E-state index contributed by atoms with van der Waals surface area (Å²) in [4.78, 5) is 6.70. The molecule has 0 radical (unpaired) electrons. The summed E-state index contributed by atoms with van der Waals surface area (Å²) in [6.45, 7) is 2.39. The minimum absolute atomic E-state index is 0.252. The maximum absolute atomic E-state index is 6.07. The van der Waals surface area contributed by atoms with Crippen LogP contribution >= 0.6 is 22.9 Å². The van der Waals surface area contributed by atoms with Crippen molar-refractivity contribution in [2.45, 2.75) is 19.1 Å². The number of halogens is 1. The summed E-state index contributed by atoms with van der Waals surface area (Å²) in [5.74, 6) is 0. The van der Waals surface area contributed by atoms with Crippen molar-refractivity contribution in [3.05, 3.63) is 50.9 Å². The number of nitrogens with zero attached hydrogens (tertiary/aromatic N) is 2. The Morgan fingerprint density at radius 3 is 3.11 bits per heavy atom. The largest absolute Gasteiger partial charge is 0.329 e. The van der Waals surface area contributed by atoms with Crippen molar-refractivity contribution in [3.63, 3.8) is 0 Å². The molecule has 94 valence electrons. The zero-order chi connectivity index (χ0) is 12.5. The van der Waals surface area contributed by atoms with Crippen LogP contribution < -0.4 is 5.73 Å². The van der Waals surface area contributed by atoms with Gasteiger partial charge in [0, 0.05) is 35.7 Å². The van der Waals surface area contributed by atoms with Crippen LogP contribution in [0.1, 0.15) is 22.2 Å². The molecule has 0 aliphatic carbocycles. The second-order valence-corrected chi connectivity index (χ2v) is 5.84. The molecule has 1 aliphatic rings. The zero-order valence-electron chi connectivity index (χ0n) is 9.84. The monoisotopic (exact) mass is 279 g/mol. The van der Waals surface area contributed by atoms with Crippen LogP contribution in [-0.2, 0) is 13.1 Å². The number of hydrogen-bond acceptors (Lipinski definition) is 4. The van der Waals surface area contributed by atoms with E-state index >= 15 is 0 Å². The Hall–Kier alpha value is -0.940. The van der Waals surface area contributed by atoms with E-state index in [1.165, 1.54) is 11.1 Å². The molecule has 2 aromatic rings. The lowest BCUT2D eigenvalue weighted by Crippen LogP contribution is -2.27. The van der Waals surface area contributed by atoms with Gasteiger partial charge in [-0.1, -0.05) is 17.7 Å². The molecule has 1 aliphatic heterocycles. The van der Waals surface area contributed by atoms with E-state index in [1.807, 2.05) is 23.7 Å². The maximum atomic E-state index is 6.07. The van der Waals surface area contributed by atoms with Crippen LogP contribution in [-0.4, -0.2) is 16.4 Å². The van der Waals surface area contributed by atoms with Gasteiger partial charge in [0.25, 0.3) is 0 Å². The first-order valence-corrected chi connectivity index (χ1v) is 7.14. The minimum atomic E-state index is 0.252. The molecule has 2 N–H and O–H groups in total. The molecule has 5 heteroatoms. The molecule has 0 saturated heterocycles. The highest BCUT2D eigenvalue weighted by atomic mass is 35.5. The quantitative estimate of drug-likeness (QED) is 0.939. The number of hydrogen-bond donors (Lipinski definition) is 1. The van der Waals surface area contributed by atoms with Gasteiger partial charge in [0.05, 0.1) is 6.54 Å². The Balaban J connectivity index is 1.87. The summed E-state index contributed by atoms with van der Waals surface area (Å²) in [5, 5.41) is 3.92. The fourth-order valence-corrected chi connectivity index (χ4v) is 3.31. The van der Waals surface area contributed by atoms with Crippen LogP contribution in [0.5, 0.6) is 0 Å². The molecular weight excluding hydrogens is 266 g/mol. The third kappa shape index (κ3) is 2.17. The SMILES string of the molecule is NCC1c2cc(Cl)ccc2CN1Cc1nccs1. The van der Waals surface area contributed by atoms with Crippen molar-refractivity contribution in [1.82, 2.24) is 9.88 Å². The molecule has 2 heterocycles. The van der Waals surface area contributed by atoms with Gasteiger partial charge in [0.15, 0.2) is 0 Å². The van der Waals surface area contributed by atoms with Gasteiger partial charge in [-0.3, -0.25) is 4.90 Å². The Kier molecular flexibility index (Phi) is 3.35. The van der Waals surface area contributed by atoms with E-state index < -0.39 is 0 Å². The Morgan fingerprint density at radius 1 is 1.50 bits per heavy atom. The maximum Gasteiger partial charge on any atom is 0.107 e. The first-order valence-electron chi connectivity index (χ1n) is 5.88. The molecule has 0 amide bonds. The van der Waals surface area contributed by atoms with Crippen molar-refractivity contribution in [2.24, 2.45) is 5.73 Å². The second kappa shape index (κ2) is 4.97. The summed E-state index contributed by atoms with van der Waals surface area (Å²) >= 11 is 7.75. The van der Waals surface area contributed by atoms with Crippen molar-refractivity contribution in [2.75, 3.05) is 6.54 Å². The Bertz CT molecular complexity index is 541. The fraction of sp³-hybridized carbons (Fsp3) is 0.308. The van der Waals surface area contributed by atoms with Crippen molar-refractivity contribution >= 4 is 22.9 Å². The van der Waals surface area contributed by atoms with Crippen LogP contribution in [0.15, 0.2) is 29.8 Å². The lowest BCUT2D eigenvalue weighted by Gasteiger charge is -2.22. The summed E-state index contributed by atoms with van der Waals surface area (Å²) in [6, 6.07) is 6.34. The van der Waals surface area contributed by atoms with Crippen molar-refractivity contribution in [1.29, 1.82) is 0 Å². The van der Waals surface area contributed by atoms with Gasteiger partial charge in [-0.25, -0.2) is 4.98 Å². The summed E-state index contributed by atoms with van der Waals surface area (Å²) in [5.41, 5.74) is 8.51. The molecule has 3 nitrogen and oxygen atoms in total. The molecule has 0 saturated carbocycles. The number of fused-ring (bicyclic) bond motifs is 1. The standard InChI is InChI=1S/C13H14ClN3S/c14-10-2-1-9-7-17(8-13-16-3-4-18-13)12(6-15)11(9)5-10/h1-5,12H,6-8,15H2. The molecule has 0 bridgehead atoms. The zero-order valence-corrected chi connectivity index (χ0v) is 11.4. The smallest absolute Gasteiger partial charge is 0.107 e. The molecule has 1 aromatic heterocycles. The lowest BCUT2D eigenvalue weighted by atomic mass is 10.1. The van der Waals surface area contributed by atoms with Gasteiger partial charge in [-0.2, -0.15) is 0 Å². The predicted molar refractivity (Wildman–Crippen MR) is 74.6 cm³/mol. The summed E-state index contributed by atoms with van der Waals surface area (Å²) in [6.07, 6.45) is 1.84. The van der Waals surface area contributed by atoms with Gasteiger partial charge >= 0.3 is 0 Å². The van der Waals surface area contributed by atoms with E-state index in [9.17, 15) is 0 Å². The number of thiazole rings is 1. The Morgan fingerprint density at radius 2 is 2.39 bits per heavy atom. The molecule has 3 rings (SSSR count). The molecule has 1 atom stereocenters. The van der Waals surface area contributed by atoms with Gasteiger partial charge in [-0.05, 0) is 23.3 Å². The molecular formula is C13H14ClN3S. The molecule has 0 spiro atoms. The number of aromatic nitrogens is 1. The van der Waals surface area contributed by atoms with E-state index in [-0.39, 0.29) is 6.04 Å². The lowest BCUT2D eigenvalue weighted by molar-refractivity contribution is 0.210. The first-order chi connectivity index (χ1) is 8.78. The highest BCUT2D eigenvalue weighted by Gasteiger charge is 2.29. The molecule has 1 aromatic carbocycles. The Labute approximate surface area is 115 Å². The third-order valence-electron chi connectivity index (χ3n) is 3.33. The van der Waals surface area contributed by atoms with Crippen LogP contribution in [0.4, 0.5) is 0 Å². The van der Waals surface area contributed by atoms with Crippen LogP contribution in [0, 0.1) is 0 Å². The van der Waals surface area contributed by atoms with E-state index in [0.717, 1.165) is 23.1 Å². The normalized spacial score (nSPS) is 19.1. The third-order valence-corrected chi connectivity index (χ3v) is 4.33. The summed E-state index contributed by atoms with van der Waals surface area (Å²) < 4.78 is 0. The highest BCUT2D eigenvalue weighted by molar-refractivity contribution is 7.09. The van der Waals surface area contributed by atoms with Crippen molar-refractivity contribution < 1.29 is 0 Å². The summed E-state index contributed by atoms with van der Waals surface area (Å²) in [7, 11) is 0. The van der Waals surface area contributed by atoms with E-state index in [2.05, 4.69) is 16.0 Å². The molecule has 0 fully saturated rings. The topological polar surface area (TPSA) is 42.1 Å². The average molecular weight is 280 g/mol. The van der Waals surface area contributed by atoms with Gasteiger partial charge < -0.3 is 5.73 Å². The van der Waals surface area contributed by atoms with Gasteiger partial charge in [-0.15, -0.1) is 11.3 Å². The van der Waals surface area contributed by atoms with E-state index in [0.29, 0.717) is 6.54 Å². The van der Waals surface area contributed by atoms with E-state index in [1.54, 1.807) is 11.3 Å². The van der Waals surface area contributed by atoms with Gasteiger partial charge in [0.2, 0.25) is 0 Å². The minimum Gasteiger partial charge on any atom is -0.329 e. The van der Waals surface area contributed by atoms with E-state index in [4.69, 9.17) is 17.3 Å². The van der Waals surface area contributed by atoms with Crippen LogP contribution in [0.25, 0.3) is 0 Å². The van der Waals surface area contributed by atoms with Crippen molar-refractivity contribution in [3.8, 4) is 0 Å². The molecule has 1 unspecified atom stereocenters. The number of rotatable bonds is 3. The molecule has 18 heavy (non-hydrogen) atoms.